The third-order valence-corrected chi connectivity index (χ3v) is 5.35. The topological polar surface area (TPSA) is 87.5 Å². The average molecular weight is 449 g/mol. The van der Waals surface area contributed by atoms with Gasteiger partial charge in [0.1, 0.15) is 12.4 Å². The number of hydrogen-bond donors (Lipinski definition) is 1. The zero-order chi connectivity index (χ0) is 23.4. The average Bonchev–Trinajstić information content (AvgIpc) is 3.26. The molecular formula is C25H28N4O4. The molecule has 3 aromatic rings. The predicted molar refractivity (Wildman–Crippen MR) is 124 cm³/mol. The summed E-state index contributed by atoms with van der Waals surface area (Å²) in [5.41, 5.74) is 3.16. The lowest BCUT2D eigenvalue weighted by atomic mass is 9.95. The van der Waals surface area contributed by atoms with Gasteiger partial charge in [-0.15, -0.1) is 0 Å². The van der Waals surface area contributed by atoms with E-state index in [9.17, 15) is 4.79 Å². The summed E-state index contributed by atoms with van der Waals surface area (Å²) in [4.78, 5) is 17.3. The minimum atomic E-state index is -0.512. The standard InChI is InChI=1S/C25H28N4O4/c1-16(2)33-24(30)22-17(3)28-25-26-15-27-29(25)23(22)19-10-11-20(21(14-19)31-4)32-13-12-18-8-6-5-7-9-18/h5-11,14-16,23H,12-13H2,1-4H3,(H,26,27,28). The Labute approximate surface area is 193 Å². The Hall–Kier alpha value is -3.81. The number of aromatic nitrogens is 3. The fourth-order valence-electron chi connectivity index (χ4n) is 3.84. The van der Waals surface area contributed by atoms with Crippen molar-refractivity contribution >= 4 is 11.9 Å². The van der Waals surface area contributed by atoms with Crippen LogP contribution in [0.4, 0.5) is 5.95 Å². The van der Waals surface area contributed by atoms with E-state index in [1.165, 1.54) is 11.9 Å². The van der Waals surface area contributed by atoms with Gasteiger partial charge in [-0.25, -0.2) is 9.48 Å². The summed E-state index contributed by atoms with van der Waals surface area (Å²) in [5, 5.41) is 7.49. The van der Waals surface area contributed by atoms with Crippen LogP contribution in [0, 0.1) is 0 Å². The van der Waals surface area contributed by atoms with Crippen LogP contribution in [-0.4, -0.2) is 40.6 Å². The number of nitrogens with zero attached hydrogens (tertiary/aromatic N) is 3. The number of hydrogen-bond acceptors (Lipinski definition) is 7. The van der Waals surface area contributed by atoms with Crippen molar-refractivity contribution in [2.45, 2.75) is 39.3 Å². The van der Waals surface area contributed by atoms with Gasteiger partial charge in [-0.2, -0.15) is 10.1 Å². The second kappa shape index (κ2) is 9.77. The number of fused-ring (bicyclic) bond motifs is 1. The predicted octanol–water partition coefficient (Wildman–Crippen LogP) is 4.15. The molecule has 0 bridgehead atoms. The highest BCUT2D eigenvalue weighted by Crippen LogP contribution is 2.39. The maximum Gasteiger partial charge on any atom is 0.338 e. The van der Waals surface area contributed by atoms with Crippen LogP contribution in [0.1, 0.15) is 37.9 Å². The number of nitrogens with one attached hydrogen (secondary N) is 1. The minimum Gasteiger partial charge on any atom is -0.493 e. The van der Waals surface area contributed by atoms with Crippen LogP contribution in [-0.2, 0) is 16.0 Å². The van der Waals surface area contributed by atoms with Crippen LogP contribution in [0.15, 0.2) is 66.1 Å². The Morgan fingerprint density at radius 2 is 1.94 bits per heavy atom. The summed E-state index contributed by atoms with van der Waals surface area (Å²) >= 11 is 0. The molecule has 4 rings (SSSR count). The van der Waals surface area contributed by atoms with E-state index in [2.05, 4.69) is 27.5 Å². The van der Waals surface area contributed by atoms with Gasteiger partial charge >= 0.3 is 5.97 Å². The number of esters is 1. The molecular weight excluding hydrogens is 420 g/mol. The van der Waals surface area contributed by atoms with Gasteiger partial charge in [0.25, 0.3) is 0 Å². The van der Waals surface area contributed by atoms with Crippen molar-refractivity contribution in [3.05, 3.63) is 77.3 Å². The van der Waals surface area contributed by atoms with Gasteiger partial charge in [0.05, 0.1) is 25.4 Å². The summed E-state index contributed by atoms with van der Waals surface area (Å²) in [6.07, 6.45) is 2.00. The fraction of sp³-hybridized carbons (Fsp3) is 0.320. The third kappa shape index (κ3) is 4.84. The third-order valence-electron chi connectivity index (χ3n) is 5.35. The summed E-state index contributed by atoms with van der Waals surface area (Å²) < 4.78 is 18.8. The first-order valence-corrected chi connectivity index (χ1v) is 10.9. The fourth-order valence-corrected chi connectivity index (χ4v) is 3.84. The highest BCUT2D eigenvalue weighted by Gasteiger charge is 2.35. The summed E-state index contributed by atoms with van der Waals surface area (Å²) in [7, 11) is 1.60. The van der Waals surface area contributed by atoms with Crippen LogP contribution < -0.4 is 14.8 Å². The van der Waals surface area contributed by atoms with Gasteiger partial charge in [-0.05, 0) is 44.0 Å². The van der Waals surface area contributed by atoms with Crippen molar-refractivity contribution in [1.29, 1.82) is 0 Å². The quantitative estimate of drug-likeness (QED) is 0.518. The molecule has 8 heteroatoms. The summed E-state index contributed by atoms with van der Waals surface area (Å²) in [6, 6.07) is 15.3. The molecule has 0 spiro atoms. The van der Waals surface area contributed by atoms with Crippen molar-refractivity contribution in [3.63, 3.8) is 0 Å². The second-order valence-corrected chi connectivity index (χ2v) is 8.04. The van der Waals surface area contributed by atoms with Crippen molar-refractivity contribution < 1.29 is 19.0 Å². The largest absolute Gasteiger partial charge is 0.493 e. The second-order valence-electron chi connectivity index (χ2n) is 8.04. The number of ether oxygens (including phenoxy) is 3. The van der Waals surface area contributed by atoms with Crippen molar-refractivity contribution in [3.8, 4) is 11.5 Å². The Kier molecular flexibility index (Phi) is 6.63. The molecule has 1 atom stereocenters. The Morgan fingerprint density at radius 1 is 1.15 bits per heavy atom. The molecule has 1 aromatic heterocycles. The first kappa shape index (κ1) is 22.4. The van der Waals surface area contributed by atoms with E-state index in [0.717, 1.165) is 12.0 Å². The van der Waals surface area contributed by atoms with Gasteiger partial charge in [0, 0.05) is 12.1 Å². The van der Waals surface area contributed by atoms with Gasteiger partial charge in [0.15, 0.2) is 11.5 Å². The molecule has 0 fully saturated rings. The molecule has 1 unspecified atom stereocenters. The van der Waals surface area contributed by atoms with E-state index < -0.39 is 12.0 Å². The van der Waals surface area contributed by atoms with Crippen LogP contribution in [0.25, 0.3) is 0 Å². The zero-order valence-electron chi connectivity index (χ0n) is 19.2. The smallest absolute Gasteiger partial charge is 0.338 e. The van der Waals surface area contributed by atoms with E-state index >= 15 is 0 Å². The number of anilines is 1. The van der Waals surface area contributed by atoms with Gasteiger partial charge in [-0.1, -0.05) is 36.4 Å². The van der Waals surface area contributed by atoms with Crippen LogP contribution in [0.2, 0.25) is 0 Å². The molecule has 33 heavy (non-hydrogen) atoms. The highest BCUT2D eigenvalue weighted by molar-refractivity contribution is 5.92. The van der Waals surface area contributed by atoms with E-state index in [1.807, 2.05) is 57.2 Å². The molecule has 1 N–H and O–H groups in total. The summed E-state index contributed by atoms with van der Waals surface area (Å²) in [6.45, 7) is 6.00. The first-order chi connectivity index (χ1) is 16.0. The van der Waals surface area contributed by atoms with Gasteiger partial charge in [0.2, 0.25) is 5.95 Å². The number of allylic oxidation sites excluding steroid dienone is 1. The Balaban J connectivity index is 1.63. The molecule has 0 radical (unpaired) electrons. The normalized spacial score (nSPS) is 15.1. The van der Waals surface area contributed by atoms with Gasteiger partial charge < -0.3 is 19.5 Å². The number of carbonyl (C=O) groups excluding carboxylic acids is 1. The first-order valence-electron chi connectivity index (χ1n) is 10.9. The molecule has 0 saturated carbocycles. The zero-order valence-corrected chi connectivity index (χ0v) is 19.2. The van der Waals surface area contributed by atoms with E-state index in [-0.39, 0.29) is 6.10 Å². The lowest BCUT2D eigenvalue weighted by molar-refractivity contribution is -0.143. The maximum atomic E-state index is 13.0. The maximum absolute atomic E-state index is 13.0. The Morgan fingerprint density at radius 3 is 2.67 bits per heavy atom. The van der Waals surface area contributed by atoms with Crippen molar-refractivity contribution in [2.24, 2.45) is 0 Å². The molecule has 0 aliphatic carbocycles. The Bertz CT molecular complexity index is 1150. The monoisotopic (exact) mass is 448 g/mol. The molecule has 2 heterocycles. The lowest BCUT2D eigenvalue weighted by Crippen LogP contribution is -2.30. The number of carbonyl (C=O) groups is 1. The van der Waals surface area contributed by atoms with Crippen LogP contribution >= 0.6 is 0 Å². The molecule has 0 amide bonds. The number of benzene rings is 2. The molecule has 2 aromatic carbocycles. The highest BCUT2D eigenvalue weighted by atomic mass is 16.5. The molecule has 172 valence electrons. The SMILES string of the molecule is COc1cc(C2C(C(=O)OC(C)C)=C(C)Nc3ncnn32)ccc1OCCc1ccccc1. The molecule has 0 saturated heterocycles. The van der Waals surface area contributed by atoms with Crippen molar-refractivity contribution in [1.82, 2.24) is 14.8 Å². The number of rotatable bonds is 8. The molecule has 1 aliphatic rings. The van der Waals surface area contributed by atoms with E-state index in [1.54, 1.807) is 11.8 Å². The van der Waals surface area contributed by atoms with Gasteiger partial charge in [-0.3, -0.25) is 0 Å². The molecule has 8 nitrogen and oxygen atoms in total. The lowest BCUT2D eigenvalue weighted by Gasteiger charge is -2.29. The minimum absolute atomic E-state index is 0.245. The van der Waals surface area contributed by atoms with E-state index in [0.29, 0.717) is 35.3 Å². The van der Waals surface area contributed by atoms with Crippen LogP contribution in [0.5, 0.6) is 11.5 Å². The molecule has 1 aliphatic heterocycles. The van der Waals surface area contributed by atoms with E-state index in [4.69, 9.17) is 14.2 Å². The van der Waals surface area contributed by atoms with Crippen molar-refractivity contribution in [2.75, 3.05) is 19.0 Å². The van der Waals surface area contributed by atoms with Crippen LogP contribution in [0.3, 0.4) is 0 Å². The summed E-state index contributed by atoms with van der Waals surface area (Å²) in [5.74, 6) is 1.37. The number of methoxy groups -OCH3 is 1.